The molecule has 0 amide bonds. The predicted octanol–water partition coefficient (Wildman–Crippen LogP) is 3.16. The molecule has 1 fully saturated rings. The molecule has 0 spiro atoms. The molecule has 3 heteroatoms. The molecule has 0 aromatic heterocycles. The highest BCUT2D eigenvalue weighted by molar-refractivity contribution is 6.69. The molecule has 1 aliphatic rings. The van der Waals surface area contributed by atoms with Crippen molar-refractivity contribution in [2.24, 2.45) is 5.16 Å². The predicted molar refractivity (Wildman–Crippen MR) is 55.0 cm³/mol. The first-order valence-electron chi connectivity index (χ1n) is 4.82. The Kier molecular flexibility index (Phi) is 3.32. The molecule has 0 aliphatic heterocycles. The summed E-state index contributed by atoms with van der Waals surface area (Å²) in [5.74, 6) is 0. The molecule has 0 unspecified atom stereocenters. The summed E-state index contributed by atoms with van der Waals surface area (Å²) in [5, 5.41) is 4.23. The highest BCUT2D eigenvalue weighted by Crippen LogP contribution is 2.15. The Morgan fingerprint density at radius 3 is 2.17 bits per heavy atom. The van der Waals surface area contributed by atoms with Gasteiger partial charge in [-0.15, -0.1) is 5.16 Å². The molecule has 12 heavy (non-hydrogen) atoms. The monoisotopic (exact) mass is 185 g/mol. The van der Waals surface area contributed by atoms with E-state index in [0.29, 0.717) is 0 Å². The number of rotatable bonds is 2. The molecule has 1 aliphatic carbocycles. The summed E-state index contributed by atoms with van der Waals surface area (Å²) in [6.45, 7) is 6.50. The molecular formula is C9H19NOSi. The van der Waals surface area contributed by atoms with Crippen molar-refractivity contribution in [1.29, 1.82) is 0 Å². The smallest absolute Gasteiger partial charge is 0.278 e. The van der Waals surface area contributed by atoms with E-state index in [-0.39, 0.29) is 0 Å². The van der Waals surface area contributed by atoms with E-state index in [0.717, 1.165) is 12.8 Å². The second kappa shape index (κ2) is 4.08. The van der Waals surface area contributed by atoms with Gasteiger partial charge in [0, 0.05) is 0 Å². The van der Waals surface area contributed by atoms with Crippen molar-refractivity contribution in [1.82, 2.24) is 0 Å². The van der Waals surface area contributed by atoms with Crippen LogP contribution < -0.4 is 0 Å². The van der Waals surface area contributed by atoms with Gasteiger partial charge in [-0.3, -0.25) is 0 Å². The molecular weight excluding hydrogens is 166 g/mol. The highest BCUT2D eigenvalue weighted by atomic mass is 28.4. The van der Waals surface area contributed by atoms with Crippen LogP contribution in [0.2, 0.25) is 19.6 Å². The first-order valence-corrected chi connectivity index (χ1v) is 8.23. The topological polar surface area (TPSA) is 21.6 Å². The van der Waals surface area contributed by atoms with E-state index in [1.807, 2.05) is 0 Å². The number of nitrogens with zero attached hydrogens (tertiary/aromatic N) is 1. The largest absolute Gasteiger partial charge is 0.456 e. The average molecular weight is 185 g/mol. The van der Waals surface area contributed by atoms with Gasteiger partial charge < -0.3 is 4.53 Å². The minimum atomic E-state index is -1.43. The van der Waals surface area contributed by atoms with Crippen LogP contribution in [0.5, 0.6) is 0 Å². The van der Waals surface area contributed by atoms with Crippen LogP contribution in [-0.2, 0) is 4.53 Å². The van der Waals surface area contributed by atoms with E-state index in [9.17, 15) is 0 Å². The summed E-state index contributed by atoms with van der Waals surface area (Å²) in [7, 11) is -1.43. The molecule has 0 saturated heterocycles. The maximum Gasteiger partial charge on any atom is 0.278 e. The Labute approximate surface area is 76.1 Å². The molecule has 1 rings (SSSR count). The Hall–Kier alpha value is -0.313. The molecule has 0 radical (unpaired) electrons. The SMILES string of the molecule is C[Si](C)(C)ON=C1CCCCC1. The van der Waals surface area contributed by atoms with Crippen LogP contribution in [0, 0.1) is 0 Å². The van der Waals surface area contributed by atoms with Gasteiger partial charge in [0.05, 0.1) is 5.71 Å². The van der Waals surface area contributed by atoms with Crippen LogP contribution in [0.3, 0.4) is 0 Å². The van der Waals surface area contributed by atoms with Crippen LogP contribution >= 0.6 is 0 Å². The number of hydrogen-bond acceptors (Lipinski definition) is 2. The Morgan fingerprint density at radius 2 is 1.67 bits per heavy atom. The standard InChI is InChI=1S/C9H19NOSi/c1-12(2,3)11-10-9-7-5-4-6-8-9/h4-8H2,1-3H3. The van der Waals surface area contributed by atoms with Crippen molar-refractivity contribution < 1.29 is 4.53 Å². The third kappa shape index (κ3) is 3.90. The fourth-order valence-electron chi connectivity index (χ4n) is 1.25. The van der Waals surface area contributed by atoms with Crippen molar-refractivity contribution in [3.05, 3.63) is 0 Å². The van der Waals surface area contributed by atoms with Gasteiger partial charge in [0.25, 0.3) is 8.32 Å². The van der Waals surface area contributed by atoms with Gasteiger partial charge in [0.2, 0.25) is 0 Å². The van der Waals surface area contributed by atoms with Crippen molar-refractivity contribution >= 4 is 14.0 Å². The first-order chi connectivity index (χ1) is 5.58. The Morgan fingerprint density at radius 1 is 1.08 bits per heavy atom. The molecule has 0 bridgehead atoms. The van der Waals surface area contributed by atoms with Gasteiger partial charge in [0.1, 0.15) is 0 Å². The van der Waals surface area contributed by atoms with Gasteiger partial charge in [-0.05, 0) is 45.3 Å². The van der Waals surface area contributed by atoms with Crippen molar-refractivity contribution in [3.8, 4) is 0 Å². The van der Waals surface area contributed by atoms with Crippen molar-refractivity contribution in [2.45, 2.75) is 51.7 Å². The summed E-state index contributed by atoms with van der Waals surface area (Å²) in [6.07, 6.45) is 6.28. The second-order valence-corrected chi connectivity index (χ2v) is 8.83. The van der Waals surface area contributed by atoms with Gasteiger partial charge in [0.15, 0.2) is 0 Å². The van der Waals surface area contributed by atoms with Gasteiger partial charge in [-0.25, -0.2) is 0 Å². The minimum Gasteiger partial charge on any atom is -0.456 e. The van der Waals surface area contributed by atoms with E-state index in [4.69, 9.17) is 4.53 Å². The molecule has 0 heterocycles. The van der Waals surface area contributed by atoms with Crippen LogP contribution in [-0.4, -0.2) is 14.0 Å². The quantitative estimate of drug-likeness (QED) is 0.478. The van der Waals surface area contributed by atoms with Crippen molar-refractivity contribution in [2.75, 3.05) is 0 Å². The van der Waals surface area contributed by atoms with E-state index >= 15 is 0 Å². The normalized spacial score (nSPS) is 19.1. The molecule has 1 saturated carbocycles. The van der Waals surface area contributed by atoms with Crippen LogP contribution in [0.25, 0.3) is 0 Å². The summed E-state index contributed by atoms with van der Waals surface area (Å²) in [5.41, 5.74) is 1.28. The van der Waals surface area contributed by atoms with Crippen LogP contribution in [0.1, 0.15) is 32.1 Å². The summed E-state index contributed by atoms with van der Waals surface area (Å²) < 4.78 is 5.50. The Balaban J connectivity index is 2.35. The zero-order valence-electron chi connectivity index (χ0n) is 8.39. The highest BCUT2D eigenvalue weighted by Gasteiger charge is 2.16. The van der Waals surface area contributed by atoms with E-state index < -0.39 is 8.32 Å². The maximum atomic E-state index is 5.50. The maximum absolute atomic E-state index is 5.50. The van der Waals surface area contributed by atoms with Crippen molar-refractivity contribution in [3.63, 3.8) is 0 Å². The lowest BCUT2D eigenvalue weighted by Crippen LogP contribution is -2.23. The molecule has 70 valence electrons. The van der Waals surface area contributed by atoms with Gasteiger partial charge in [-0.2, -0.15) is 0 Å². The molecule has 2 nitrogen and oxygen atoms in total. The lowest BCUT2D eigenvalue weighted by atomic mass is 9.99. The molecule has 0 atom stereocenters. The number of oxime groups is 1. The summed E-state index contributed by atoms with van der Waals surface area (Å²) in [6, 6.07) is 0. The first kappa shape index (κ1) is 9.77. The number of hydrogen-bond donors (Lipinski definition) is 0. The van der Waals surface area contributed by atoms with E-state index in [1.54, 1.807) is 0 Å². The van der Waals surface area contributed by atoms with E-state index in [2.05, 4.69) is 24.8 Å². The average Bonchev–Trinajstić information content (AvgIpc) is 2.02. The fraction of sp³-hybridized carbons (Fsp3) is 0.889. The zero-order valence-corrected chi connectivity index (χ0v) is 9.39. The molecule has 0 aromatic carbocycles. The zero-order chi connectivity index (χ0) is 9.03. The summed E-state index contributed by atoms with van der Waals surface area (Å²) >= 11 is 0. The lowest BCUT2D eigenvalue weighted by molar-refractivity contribution is 0.330. The third-order valence-electron chi connectivity index (χ3n) is 1.88. The van der Waals surface area contributed by atoms with Crippen LogP contribution in [0.15, 0.2) is 5.16 Å². The van der Waals surface area contributed by atoms with Crippen LogP contribution in [0.4, 0.5) is 0 Å². The minimum absolute atomic E-state index is 1.16. The van der Waals surface area contributed by atoms with Gasteiger partial charge >= 0.3 is 0 Å². The molecule has 0 N–H and O–H groups in total. The third-order valence-corrected chi connectivity index (χ3v) is 2.52. The molecule has 0 aromatic rings. The second-order valence-electron chi connectivity index (χ2n) is 4.42. The summed E-state index contributed by atoms with van der Waals surface area (Å²) in [4.78, 5) is 0. The lowest BCUT2D eigenvalue weighted by Gasteiger charge is -2.17. The fourth-order valence-corrected chi connectivity index (χ4v) is 1.66. The van der Waals surface area contributed by atoms with Gasteiger partial charge in [-0.1, -0.05) is 6.42 Å². The Bertz CT molecular complexity index is 164. The van der Waals surface area contributed by atoms with E-state index in [1.165, 1.54) is 25.0 Å².